The van der Waals surface area contributed by atoms with Crippen molar-refractivity contribution >= 4 is 39.5 Å². The molecule has 0 radical (unpaired) electrons. The molecule has 0 bridgehead atoms. The second-order valence-corrected chi connectivity index (χ2v) is 9.07. The Balaban J connectivity index is 0.00000225. The van der Waals surface area contributed by atoms with Gasteiger partial charge < -0.3 is 10.2 Å². The fourth-order valence-electron chi connectivity index (χ4n) is 2.85. The smallest absolute Gasteiger partial charge is 0.264 e. The number of nitrogens with zero attached hydrogens (tertiary/aromatic N) is 1. The summed E-state index contributed by atoms with van der Waals surface area (Å²) in [5.74, 6) is -0.0885. The molecule has 1 atom stereocenters. The van der Waals surface area contributed by atoms with Gasteiger partial charge in [0, 0.05) is 19.1 Å². The lowest BCUT2D eigenvalue weighted by molar-refractivity contribution is 0.0703. The predicted molar refractivity (Wildman–Crippen MR) is 101 cm³/mol. The van der Waals surface area contributed by atoms with Gasteiger partial charge in [0.15, 0.2) is 0 Å². The minimum atomic E-state index is -3.56. The van der Waals surface area contributed by atoms with E-state index >= 15 is 0 Å². The Labute approximate surface area is 158 Å². The number of rotatable bonds is 4. The molecule has 1 aliphatic rings. The molecule has 8 heteroatoms. The lowest BCUT2D eigenvalue weighted by Crippen LogP contribution is -2.46. The van der Waals surface area contributed by atoms with E-state index in [0.29, 0.717) is 17.5 Å². The van der Waals surface area contributed by atoms with Crippen molar-refractivity contribution in [2.45, 2.75) is 28.0 Å². The third kappa shape index (κ3) is 4.23. The molecule has 0 aliphatic carbocycles. The number of benzene rings is 1. The molecule has 1 aromatic carbocycles. The molecule has 1 saturated heterocycles. The summed E-state index contributed by atoms with van der Waals surface area (Å²) < 4.78 is 25.4. The molecule has 1 N–H and O–H groups in total. The number of thiophene rings is 1. The third-order valence-corrected chi connectivity index (χ3v) is 7.56. The van der Waals surface area contributed by atoms with Crippen molar-refractivity contribution in [2.75, 3.05) is 20.1 Å². The van der Waals surface area contributed by atoms with E-state index in [2.05, 4.69) is 5.32 Å². The summed E-state index contributed by atoms with van der Waals surface area (Å²) >= 11 is 1.05. The zero-order chi connectivity index (χ0) is 17.2. The summed E-state index contributed by atoms with van der Waals surface area (Å²) in [6.45, 7) is 1.38. The Hall–Kier alpha value is -1.41. The fraction of sp³-hybridized carbons (Fsp3) is 0.353. The van der Waals surface area contributed by atoms with Crippen LogP contribution in [0, 0.1) is 0 Å². The summed E-state index contributed by atoms with van der Waals surface area (Å²) in [6.07, 6.45) is 2.01. The van der Waals surface area contributed by atoms with E-state index in [-0.39, 0.29) is 27.4 Å². The molecular formula is C17H21ClN2O3S2. The molecule has 1 fully saturated rings. The van der Waals surface area contributed by atoms with Crippen LogP contribution in [0.4, 0.5) is 0 Å². The normalized spacial score (nSPS) is 17.8. The number of hydrogen-bond acceptors (Lipinski definition) is 5. The van der Waals surface area contributed by atoms with Crippen molar-refractivity contribution in [3.8, 4) is 0 Å². The number of carbonyl (C=O) groups excluding carboxylic acids is 1. The number of piperidine rings is 1. The maximum Gasteiger partial charge on any atom is 0.264 e. The standard InChI is InChI=1S/C17H20N2O3S2.ClH/c1-18-13-6-5-11-19(12-13)17(20)15-9-10-16(23-15)24(21,22)14-7-3-2-4-8-14;/h2-4,7-10,13,18H,5-6,11-12H2,1H3;1H. The molecule has 3 rings (SSSR count). The molecule has 2 aromatic rings. The van der Waals surface area contributed by atoms with Crippen molar-refractivity contribution in [2.24, 2.45) is 0 Å². The molecule has 1 amide bonds. The third-order valence-electron chi connectivity index (χ3n) is 4.23. The van der Waals surface area contributed by atoms with Gasteiger partial charge in [-0.3, -0.25) is 4.79 Å². The average molecular weight is 401 g/mol. The summed E-state index contributed by atoms with van der Waals surface area (Å²) in [5, 5.41) is 3.20. The Kier molecular flexibility index (Phi) is 6.62. The van der Waals surface area contributed by atoms with Gasteiger partial charge in [-0.25, -0.2) is 8.42 Å². The Morgan fingerprint density at radius 1 is 1.20 bits per heavy atom. The van der Waals surface area contributed by atoms with Crippen LogP contribution in [-0.2, 0) is 9.84 Å². The molecular weight excluding hydrogens is 380 g/mol. The Morgan fingerprint density at radius 3 is 2.60 bits per heavy atom. The largest absolute Gasteiger partial charge is 0.336 e. The molecule has 136 valence electrons. The first-order valence-electron chi connectivity index (χ1n) is 7.89. The summed E-state index contributed by atoms with van der Waals surface area (Å²) in [7, 11) is -1.67. The molecule has 2 heterocycles. The van der Waals surface area contributed by atoms with E-state index in [9.17, 15) is 13.2 Å². The quantitative estimate of drug-likeness (QED) is 0.856. The number of likely N-dealkylation sites (tertiary alicyclic amines) is 1. The Morgan fingerprint density at radius 2 is 1.92 bits per heavy atom. The van der Waals surface area contributed by atoms with Crippen molar-refractivity contribution in [1.29, 1.82) is 0 Å². The fourth-order valence-corrected chi connectivity index (χ4v) is 5.55. The first kappa shape index (κ1) is 19.9. The van der Waals surface area contributed by atoms with Gasteiger partial charge >= 0.3 is 0 Å². The first-order chi connectivity index (χ1) is 11.5. The topological polar surface area (TPSA) is 66.5 Å². The maximum absolute atomic E-state index is 12.7. The van der Waals surface area contributed by atoms with E-state index in [4.69, 9.17) is 0 Å². The number of nitrogens with one attached hydrogen (secondary N) is 1. The van der Waals surface area contributed by atoms with Crippen LogP contribution in [0.25, 0.3) is 0 Å². The van der Waals surface area contributed by atoms with Gasteiger partial charge in [-0.2, -0.15) is 0 Å². The van der Waals surface area contributed by atoms with Gasteiger partial charge in [0.2, 0.25) is 9.84 Å². The molecule has 1 aliphatic heterocycles. The van der Waals surface area contributed by atoms with Crippen LogP contribution in [0.2, 0.25) is 0 Å². The number of hydrogen-bond donors (Lipinski definition) is 1. The summed E-state index contributed by atoms with van der Waals surface area (Å²) in [5.41, 5.74) is 0. The summed E-state index contributed by atoms with van der Waals surface area (Å²) in [6, 6.07) is 11.7. The van der Waals surface area contributed by atoms with Crippen LogP contribution in [0.1, 0.15) is 22.5 Å². The highest BCUT2D eigenvalue weighted by Crippen LogP contribution is 2.29. The van der Waals surface area contributed by atoms with Gasteiger partial charge in [-0.1, -0.05) is 18.2 Å². The van der Waals surface area contributed by atoms with Crippen molar-refractivity contribution < 1.29 is 13.2 Å². The SMILES string of the molecule is CNC1CCCN(C(=O)c2ccc(S(=O)(=O)c3ccccc3)s2)C1.Cl. The number of sulfone groups is 1. The van der Waals surface area contributed by atoms with E-state index in [0.717, 1.165) is 30.7 Å². The highest BCUT2D eigenvalue weighted by molar-refractivity contribution is 7.93. The van der Waals surface area contributed by atoms with Crippen molar-refractivity contribution in [1.82, 2.24) is 10.2 Å². The summed E-state index contributed by atoms with van der Waals surface area (Å²) in [4.78, 5) is 15.2. The van der Waals surface area contributed by atoms with Gasteiger partial charge in [0.1, 0.15) is 4.21 Å². The molecule has 0 saturated carbocycles. The zero-order valence-corrected chi connectivity index (χ0v) is 16.3. The first-order valence-corrected chi connectivity index (χ1v) is 10.2. The second kappa shape index (κ2) is 8.31. The Bertz CT molecular complexity index is 821. The lowest BCUT2D eigenvalue weighted by Gasteiger charge is -2.32. The minimum Gasteiger partial charge on any atom is -0.336 e. The van der Waals surface area contributed by atoms with Crippen LogP contribution in [0.5, 0.6) is 0 Å². The van der Waals surface area contributed by atoms with E-state index in [1.54, 1.807) is 41.3 Å². The van der Waals surface area contributed by atoms with Crippen LogP contribution in [-0.4, -0.2) is 45.4 Å². The highest BCUT2D eigenvalue weighted by atomic mass is 35.5. The molecule has 5 nitrogen and oxygen atoms in total. The lowest BCUT2D eigenvalue weighted by atomic mass is 10.1. The van der Waals surface area contributed by atoms with Crippen LogP contribution in [0.15, 0.2) is 51.6 Å². The predicted octanol–water partition coefficient (Wildman–Crippen LogP) is 2.83. The van der Waals surface area contributed by atoms with Gasteiger partial charge in [0.25, 0.3) is 5.91 Å². The second-order valence-electron chi connectivity index (χ2n) is 5.81. The molecule has 1 unspecified atom stereocenters. The molecule has 25 heavy (non-hydrogen) atoms. The van der Waals surface area contributed by atoms with Crippen LogP contribution < -0.4 is 5.32 Å². The number of amides is 1. The molecule has 0 spiro atoms. The zero-order valence-electron chi connectivity index (χ0n) is 13.8. The van der Waals surface area contributed by atoms with Crippen molar-refractivity contribution in [3.63, 3.8) is 0 Å². The number of halogens is 1. The number of carbonyl (C=O) groups is 1. The van der Waals surface area contributed by atoms with Crippen LogP contribution in [0.3, 0.4) is 0 Å². The molecule has 1 aromatic heterocycles. The van der Waals surface area contributed by atoms with E-state index in [1.807, 2.05) is 7.05 Å². The van der Waals surface area contributed by atoms with Gasteiger partial charge in [-0.05, 0) is 44.2 Å². The van der Waals surface area contributed by atoms with E-state index in [1.165, 1.54) is 6.07 Å². The van der Waals surface area contributed by atoms with Crippen molar-refractivity contribution in [3.05, 3.63) is 47.3 Å². The minimum absolute atomic E-state index is 0. The van der Waals surface area contributed by atoms with E-state index < -0.39 is 9.84 Å². The monoisotopic (exact) mass is 400 g/mol. The average Bonchev–Trinajstić information content (AvgIpc) is 3.13. The highest BCUT2D eigenvalue weighted by Gasteiger charge is 2.26. The van der Waals surface area contributed by atoms with Gasteiger partial charge in [-0.15, -0.1) is 23.7 Å². The van der Waals surface area contributed by atoms with Gasteiger partial charge in [0.05, 0.1) is 9.77 Å². The maximum atomic E-state index is 12.7. The van der Waals surface area contributed by atoms with Crippen LogP contribution >= 0.6 is 23.7 Å². The number of likely N-dealkylation sites (N-methyl/N-ethyl adjacent to an activating group) is 1.